The SMILES string of the molecule is COC(=O)/C=C\C=C\C(=O)OCC/C(C)=C/C(=O)OC[C@]12CCC(C)=C[C@H]1OC[C@@]1(CO1)[C@H]2C. The molecule has 8 heteroatoms. The van der Waals surface area contributed by atoms with Gasteiger partial charge in [0.1, 0.15) is 12.2 Å². The lowest BCUT2D eigenvalue weighted by atomic mass is 9.60. The van der Waals surface area contributed by atoms with Gasteiger partial charge in [0.2, 0.25) is 0 Å². The van der Waals surface area contributed by atoms with Gasteiger partial charge in [0.25, 0.3) is 0 Å². The monoisotopic (exact) mass is 474 g/mol. The van der Waals surface area contributed by atoms with E-state index in [9.17, 15) is 14.4 Å². The molecule has 34 heavy (non-hydrogen) atoms. The van der Waals surface area contributed by atoms with Crippen LogP contribution in [-0.2, 0) is 38.1 Å². The molecule has 2 fully saturated rings. The molecular weight excluding hydrogens is 440 g/mol. The number of hydrogen-bond acceptors (Lipinski definition) is 8. The number of rotatable bonds is 9. The van der Waals surface area contributed by atoms with Gasteiger partial charge in [-0.05, 0) is 26.7 Å². The fourth-order valence-corrected chi connectivity index (χ4v) is 4.56. The zero-order chi connectivity index (χ0) is 24.8. The van der Waals surface area contributed by atoms with Crippen molar-refractivity contribution in [3.63, 3.8) is 0 Å². The molecule has 3 rings (SSSR count). The molecule has 1 aliphatic carbocycles. The lowest BCUT2D eigenvalue weighted by Crippen LogP contribution is -2.57. The summed E-state index contributed by atoms with van der Waals surface area (Å²) in [5.74, 6) is -1.25. The molecule has 0 aromatic rings. The predicted molar refractivity (Wildman–Crippen MR) is 124 cm³/mol. The molecule has 0 unspecified atom stereocenters. The van der Waals surface area contributed by atoms with Crippen LogP contribution in [0.2, 0.25) is 0 Å². The average molecular weight is 475 g/mol. The van der Waals surface area contributed by atoms with Crippen LogP contribution >= 0.6 is 0 Å². The Labute approximate surface area is 200 Å². The molecule has 0 aromatic heterocycles. The van der Waals surface area contributed by atoms with Crippen LogP contribution in [0.5, 0.6) is 0 Å². The summed E-state index contributed by atoms with van der Waals surface area (Å²) >= 11 is 0. The van der Waals surface area contributed by atoms with Crippen molar-refractivity contribution in [2.24, 2.45) is 11.3 Å². The molecular formula is C26H34O8. The quantitative estimate of drug-likeness (QED) is 0.125. The first-order chi connectivity index (χ1) is 16.2. The van der Waals surface area contributed by atoms with Crippen LogP contribution in [0.4, 0.5) is 0 Å². The van der Waals surface area contributed by atoms with Crippen molar-refractivity contribution >= 4 is 17.9 Å². The van der Waals surface area contributed by atoms with Gasteiger partial charge in [0.15, 0.2) is 0 Å². The molecule has 2 saturated heterocycles. The van der Waals surface area contributed by atoms with Crippen LogP contribution < -0.4 is 0 Å². The van der Waals surface area contributed by atoms with Gasteiger partial charge in [-0.3, -0.25) is 0 Å². The molecule has 2 aliphatic heterocycles. The minimum Gasteiger partial charge on any atom is -0.466 e. The van der Waals surface area contributed by atoms with Gasteiger partial charge in [0, 0.05) is 36.0 Å². The standard InChI is InChI=1S/C26H34O8/c1-18-9-11-25(20(3)26(17-34-26)16-32-21(25)13-18)15-33-24(29)14-19(2)10-12-31-23(28)8-6-5-7-22(27)30-4/h5-8,13-14,20-21H,9-12,15-17H2,1-4H3/b7-5-,8-6+,19-14+/t20-,21+,25-,26+/m0/s1. The van der Waals surface area contributed by atoms with Gasteiger partial charge in [-0.2, -0.15) is 0 Å². The molecule has 4 atom stereocenters. The topological polar surface area (TPSA) is 101 Å². The van der Waals surface area contributed by atoms with Crippen molar-refractivity contribution in [2.75, 3.05) is 33.5 Å². The minimum absolute atomic E-state index is 0.0844. The Hall–Kier alpha value is -2.71. The van der Waals surface area contributed by atoms with Crippen molar-refractivity contribution in [1.82, 2.24) is 0 Å². The second kappa shape index (κ2) is 11.1. The zero-order valence-corrected chi connectivity index (χ0v) is 20.3. The van der Waals surface area contributed by atoms with E-state index >= 15 is 0 Å². The summed E-state index contributed by atoms with van der Waals surface area (Å²) in [5, 5.41) is 0. The van der Waals surface area contributed by atoms with E-state index in [0.29, 0.717) is 19.6 Å². The average Bonchev–Trinajstić information content (AvgIpc) is 3.59. The molecule has 8 nitrogen and oxygen atoms in total. The van der Waals surface area contributed by atoms with Crippen LogP contribution in [0.15, 0.2) is 47.6 Å². The number of allylic oxidation sites excluding steroid dienone is 3. The van der Waals surface area contributed by atoms with E-state index in [1.807, 2.05) is 0 Å². The Morgan fingerprint density at radius 2 is 1.82 bits per heavy atom. The summed E-state index contributed by atoms with van der Waals surface area (Å²) < 4.78 is 27.2. The summed E-state index contributed by atoms with van der Waals surface area (Å²) in [6.45, 7) is 7.74. The summed E-state index contributed by atoms with van der Waals surface area (Å²) in [6.07, 6.45) is 10.9. The maximum atomic E-state index is 12.5. The third-order valence-electron chi connectivity index (χ3n) is 7.03. The van der Waals surface area contributed by atoms with Crippen molar-refractivity contribution < 1.29 is 38.1 Å². The minimum atomic E-state index is -0.543. The van der Waals surface area contributed by atoms with Crippen LogP contribution in [0.1, 0.15) is 40.0 Å². The van der Waals surface area contributed by atoms with E-state index < -0.39 is 17.9 Å². The Bertz CT molecular complexity index is 908. The lowest BCUT2D eigenvalue weighted by Gasteiger charge is -2.51. The van der Waals surface area contributed by atoms with E-state index in [1.54, 1.807) is 6.92 Å². The molecule has 0 aromatic carbocycles. The Morgan fingerprint density at radius 1 is 1.12 bits per heavy atom. The van der Waals surface area contributed by atoms with Crippen LogP contribution in [0.3, 0.4) is 0 Å². The number of epoxide rings is 1. The number of hydrogen-bond donors (Lipinski definition) is 0. The third kappa shape index (κ3) is 6.24. The molecule has 0 amide bonds. The summed E-state index contributed by atoms with van der Waals surface area (Å²) in [7, 11) is 1.27. The van der Waals surface area contributed by atoms with Crippen LogP contribution in [0, 0.1) is 11.3 Å². The van der Waals surface area contributed by atoms with E-state index in [1.165, 1.54) is 43.1 Å². The molecule has 0 saturated carbocycles. The molecule has 0 radical (unpaired) electrons. The second-order valence-electron chi connectivity index (χ2n) is 9.31. The predicted octanol–water partition coefficient (Wildman–Crippen LogP) is 3.23. The van der Waals surface area contributed by atoms with Gasteiger partial charge >= 0.3 is 17.9 Å². The van der Waals surface area contributed by atoms with E-state index in [4.69, 9.17) is 18.9 Å². The van der Waals surface area contributed by atoms with Crippen LogP contribution in [-0.4, -0.2) is 63.2 Å². The maximum absolute atomic E-state index is 12.5. The first kappa shape index (κ1) is 25.9. The molecule has 2 heterocycles. The number of ether oxygens (including phenoxy) is 5. The highest BCUT2D eigenvalue weighted by Crippen LogP contribution is 2.55. The summed E-state index contributed by atoms with van der Waals surface area (Å²) in [4.78, 5) is 35.1. The molecule has 186 valence electrons. The highest BCUT2D eigenvalue weighted by atomic mass is 16.6. The molecule has 1 spiro atoms. The van der Waals surface area contributed by atoms with Crippen molar-refractivity contribution in [3.8, 4) is 0 Å². The third-order valence-corrected chi connectivity index (χ3v) is 7.03. The Morgan fingerprint density at radius 3 is 2.50 bits per heavy atom. The van der Waals surface area contributed by atoms with Crippen LogP contribution in [0.25, 0.3) is 0 Å². The number of methoxy groups -OCH3 is 1. The second-order valence-corrected chi connectivity index (χ2v) is 9.31. The molecule has 0 bridgehead atoms. The Kier molecular flexibility index (Phi) is 8.49. The Balaban J connectivity index is 1.47. The van der Waals surface area contributed by atoms with Gasteiger partial charge in [-0.1, -0.05) is 36.3 Å². The van der Waals surface area contributed by atoms with Gasteiger partial charge in [0.05, 0.1) is 33.0 Å². The fourth-order valence-electron chi connectivity index (χ4n) is 4.56. The van der Waals surface area contributed by atoms with Crippen molar-refractivity contribution in [3.05, 3.63) is 47.6 Å². The number of fused-ring (bicyclic) bond motifs is 1. The van der Waals surface area contributed by atoms with E-state index in [-0.39, 0.29) is 36.3 Å². The van der Waals surface area contributed by atoms with Gasteiger partial charge in [-0.15, -0.1) is 0 Å². The van der Waals surface area contributed by atoms with Gasteiger partial charge in [-0.25, -0.2) is 14.4 Å². The number of carbonyl (C=O) groups excluding carboxylic acids is 3. The fraction of sp³-hybridized carbons (Fsp3) is 0.577. The molecule has 0 N–H and O–H groups in total. The zero-order valence-electron chi connectivity index (χ0n) is 20.3. The lowest BCUT2D eigenvalue weighted by molar-refractivity contribution is -0.175. The van der Waals surface area contributed by atoms with Crippen molar-refractivity contribution in [1.29, 1.82) is 0 Å². The van der Waals surface area contributed by atoms with Crippen molar-refractivity contribution in [2.45, 2.75) is 51.7 Å². The highest BCUT2D eigenvalue weighted by Gasteiger charge is 2.64. The number of esters is 3. The highest BCUT2D eigenvalue weighted by molar-refractivity contribution is 5.84. The smallest absolute Gasteiger partial charge is 0.330 e. The van der Waals surface area contributed by atoms with Gasteiger partial charge < -0.3 is 23.7 Å². The van der Waals surface area contributed by atoms with E-state index in [2.05, 4.69) is 24.7 Å². The maximum Gasteiger partial charge on any atom is 0.330 e. The number of carbonyl (C=O) groups is 3. The first-order valence-electron chi connectivity index (χ1n) is 11.6. The summed E-state index contributed by atoms with van der Waals surface area (Å²) in [6, 6.07) is 0. The first-order valence-corrected chi connectivity index (χ1v) is 11.6. The molecule has 3 aliphatic rings. The largest absolute Gasteiger partial charge is 0.466 e. The normalized spacial score (nSPS) is 30.7. The summed E-state index contributed by atoms with van der Waals surface area (Å²) in [5.41, 5.74) is 1.50. The van der Waals surface area contributed by atoms with E-state index in [0.717, 1.165) is 18.4 Å².